The van der Waals surface area contributed by atoms with Crippen molar-refractivity contribution < 1.29 is 19.2 Å². The summed E-state index contributed by atoms with van der Waals surface area (Å²) in [6, 6.07) is 55.7. The average Bonchev–Trinajstić information content (AvgIpc) is 2.12. The molecule has 10 aromatic rings. The first-order valence-corrected chi connectivity index (χ1v) is 29.9. The number of likely N-dealkylation sites (tertiary alicyclic amines) is 1. The van der Waals surface area contributed by atoms with Gasteiger partial charge in [-0.1, -0.05) is 84.9 Å². The Morgan fingerprint density at radius 3 is 1.47 bits per heavy atom. The minimum Gasteiger partial charge on any atom is -0.351 e. The van der Waals surface area contributed by atoms with Crippen molar-refractivity contribution in [1.82, 2.24) is 45.3 Å². The number of rotatable bonds is 19. The minimum absolute atomic E-state index is 0.0610. The number of aliphatic imine (C=N–C) groups is 2. The Hall–Kier alpha value is -9.96. The largest absolute Gasteiger partial charge is 0.351 e. The Morgan fingerprint density at radius 1 is 0.506 bits per heavy atom. The van der Waals surface area contributed by atoms with E-state index in [2.05, 4.69) is 86.2 Å². The summed E-state index contributed by atoms with van der Waals surface area (Å²) in [5, 5.41) is 6.09. The van der Waals surface area contributed by atoms with E-state index in [1.807, 2.05) is 147 Å². The standard InChI is InChI=1S/C72H67N11O4/c1-81(2)34-6-8-67(84)46-13-15-47(16-14-46)68-77-61-31-27-54(39-65(61)79-68)55-28-32-62-66(40-55)80-69(78-62)48-17-23-51(24-18-48)72(87)83-35-5-7-58(83)43-74-71(86)50-21-11-45(12-22-50)64-42-57-38-53(26-30-60(57)76-64)52-25-29-59-56(37-52)41-63(75-59)44-9-19-49(20-10-44)70(85)73-33-36-82(3)4/h9-32,37-40,58H,5-8,33-36,41-43H2,1-4H3,(H,73,85)(H,74,86)(H,77,79)(H,78,80)/t58-/m1/s1. The van der Waals surface area contributed by atoms with Gasteiger partial charge in [0.15, 0.2) is 5.78 Å². The number of Topliss-reactive ketones (excluding diaryl/α,β-unsaturated/α-hetero) is 1. The lowest BCUT2D eigenvalue weighted by molar-refractivity contribution is 0.0725. The molecule has 3 aliphatic rings. The maximum atomic E-state index is 14.0. The molecule has 0 radical (unpaired) electrons. The van der Waals surface area contributed by atoms with Crippen LogP contribution in [-0.4, -0.2) is 137 Å². The van der Waals surface area contributed by atoms with Crippen LogP contribution < -0.4 is 10.6 Å². The number of hydrogen-bond donors (Lipinski definition) is 4. The van der Waals surface area contributed by atoms with Crippen LogP contribution in [0.1, 0.15) is 89.4 Å². The van der Waals surface area contributed by atoms with Gasteiger partial charge in [-0.3, -0.25) is 29.2 Å². The zero-order valence-electron chi connectivity index (χ0n) is 49.3. The SMILES string of the molecule is CN(C)CCCC(=O)c1ccc(-c2nc3ccc(-c4ccc5nc(-c6ccc(C(=O)N7CCC[C@@H]7CNC(=O)c7ccc(C8=Nc9ccc(-c%10ccc%11c(c%10)CC(c%10ccc(C(=O)NCCN(C)C)cc%10)=N%11)cc9C8)cc7)cc6)[nH]c5c4)cc3[nH]2)cc1. The number of fused-ring (bicyclic) bond motifs is 4. The molecule has 15 heteroatoms. The first-order chi connectivity index (χ1) is 42.3. The lowest BCUT2D eigenvalue weighted by Gasteiger charge is -2.25. The van der Waals surface area contributed by atoms with Crippen molar-refractivity contribution in [1.29, 1.82) is 0 Å². The van der Waals surface area contributed by atoms with Crippen LogP contribution in [0.4, 0.5) is 11.4 Å². The van der Waals surface area contributed by atoms with Gasteiger partial charge in [0.1, 0.15) is 11.6 Å². The normalized spacial score (nSPS) is 14.4. The van der Waals surface area contributed by atoms with Crippen LogP contribution in [0.15, 0.2) is 180 Å². The molecule has 1 saturated heterocycles. The lowest BCUT2D eigenvalue weighted by Crippen LogP contribution is -2.43. The highest BCUT2D eigenvalue weighted by Crippen LogP contribution is 2.37. The van der Waals surface area contributed by atoms with Crippen LogP contribution in [0, 0.1) is 0 Å². The summed E-state index contributed by atoms with van der Waals surface area (Å²) in [6.07, 6.45) is 4.42. The van der Waals surface area contributed by atoms with E-state index in [9.17, 15) is 19.2 Å². The van der Waals surface area contributed by atoms with Crippen molar-refractivity contribution in [3.05, 3.63) is 214 Å². The second-order valence-electron chi connectivity index (χ2n) is 23.5. The molecule has 15 nitrogen and oxygen atoms in total. The monoisotopic (exact) mass is 1150 g/mol. The molecule has 3 amide bonds. The van der Waals surface area contributed by atoms with Crippen molar-refractivity contribution in [2.24, 2.45) is 9.98 Å². The van der Waals surface area contributed by atoms with Crippen LogP contribution >= 0.6 is 0 Å². The fourth-order valence-corrected chi connectivity index (χ4v) is 11.9. The number of aromatic amines is 2. The van der Waals surface area contributed by atoms with E-state index in [0.29, 0.717) is 67.0 Å². The van der Waals surface area contributed by atoms with E-state index < -0.39 is 0 Å². The predicted molar refractivity (Wildman–Crippen MR) is 346 cm³/mol. The Balaban J connectivity index is 0.588. The van der Waals surface area contributed by atoms with Crippen LogP contribution in [-0.2, 0) is 12.8 Å². The number of likely N-dealkylation sites (N-methyl/N-ethyl adjacent to an activating group) is 1. The number of nitrogens with one attached hydrogen (secondary N) is 4. The van der Waals surface area contributed by atoms with Crippen LogP contribution in [0.5, 0.6) is 0 Å². The molecule has 0 spiro atoms. The molecule has 8 aromatic carbocycles. The van der Waals surface area contributed by atoms with Crippen molar-refractivity contribution in [2.75, 3.05) is 60.9 Å². The van der Waals surface area contributed by atoms with Crippen molar-refractivity contribution >= 4 is 68.4 Å². The first kappa shape index (κ1) is 56.2. The third-order valence-electron chi connectivity index (χ3n) is 16.9. The maximum Gasteiger partial charge on any atom is 0.254 e. The van der Waals surface area contributed by atoms with Gasteiger partial charge < -0.3 is 35.3 Å². The zero-order valence-corrected chi connectivity index (χ0v) is 49.3. The molecule has 0 unspecified atom stereocenters. The van der Waals surface area contributed by atoms with Gasteiger partial charge in [0.2, 0.25) is 0 Å². The molecule has 5 heterocycles. The Labute approximate surface area is 505 Å². The second-order valence-corrected chi connectivity index (χ2v) is 23.5. The fraction of sp³-hybridized carbons (Fsp3) is 0.222. The van der Waals surface area contributed by atoms with Gasteiger partial charge in [-0.05, 0) is 183 Å². The summed E-state index contributed by atoms with van der Waals surface area (Å²) in [4.78, 5) is 85.6. The number of aromatic nitrogens is 4. The van der Waals surface area contributed by atoms with E-state index in [0.717, 1.165) is 133 Å². The number of amides is 3. The number of carbonyl (C=O) groups is 4. The molecule has 0 saturated carbocycles. The highest BCUT2D eigenvalue weighted by molar-refractivity contribution is 6.09. The average molecular weight is 1150 g/mol. The topological polar surface area (TPSA) is 184 Å². The molecule has 0 bridgehead atoms. The number of hydrogen-bond acceptors (Lipinski definition) is 10. The third kappa shape index (κ3) is 12.2. The molecule has 0 aliphatic carbocycles. The lowest BCUT2D eigenvalue weighted by atomic mass is 9.96. The molecule has 4 N–H and O–H groups in total. The molecule has 434 valence electrons. The summed E-state index contributed by atoms with van der Waals surface area (Å²) in [7, 11) is 8.00. The van der Waals surface area contributed by atoms with Crippen LogP contribution in [0.2, 0.25) is 0 Å². The van der Waals surface area contributed by atoms with Gasteiger partial charge in [-0.25, -0.2) is 9.97 Å². The Kier molecular flexibility index (Phi) is 15.6. The molecule has 87 heavy (non-hydrogen) atoms. The molecular weight excluding hydrogens is 1080 g/mol. The van der Waals surface area contributed by atoms with Gasteiger partial charge in [-0.15, -0.1) is 0 Å². The fourth-order valence-electron chi connectivity index (χ4n) is 11.9. The third-order valence-corrected chi connectivity index (χ3v) is 16.9. The number of carbonyl (C=O) groups excluding carboxylic acids is 4. The van der Waals surface area contributed by atoms with Gasteiger partial charge in [-0.2, -0.15) is 0 Å². The first-order valence-electron chi connectivity index (χ1n) is 29.9. The number of imidazole rings is 2. The summed E-state index contributed by atoms with van der Waals surface area (Å²) in [6.45, 7) is 3.24. The minimum atomic E-state index is -0.183. The Bertz CT molecular complexity index is 4350. The maximum absolute atomic E-state index is 14.0. The van der Waals surface area contributed by atoms with Crippen molar-refractivity contribution in [3.8, 4) is 45.0 Å². The predicted octanol–water partition coefficient (Wildman–Crippen LogP) is 12.3. The summed E-state index contributed by atoms with van der Waals surface area (Å²) in [5.41, 5.74) is 20.2. The van der Waals surface area contributed by atoms with Crippen LogP contribution in [0.3, 0.4) is 0 Å². The number of benzene rings is 8. The van der Waals surface area contributed by atoms with Gasteiger partial charge in [0.05, 0.1) is 44.9 Å². The van der Waals surface area contributed by atoms with Crippen LogP contribution in [0.25, 0.3) is 67.1 Å². The van der Waals surface area contributed by atoms with Crippen molar-refractivity contribution in [2.45, 2.75) is 44.6 Å². The smallest absolute Gasteiger partial charge is 0.254 e. The van der Waals surface area contributed by atoms with E-state index in [4.69, 9.17) is 20.0 Å². The molecule has 1 fully saturated rings. The number of nitrogens with zero attached hydrogens (tertiary/aromatic N) is 7. The highest BCUT2D eigenvalue weighted by Gasteiger charge is 2.30. The second kappa shape index (κ2) is 24.2. The number of ketones is 1. The molecular formula is C72H67N11O4. The van der Waals surface area contributed by atoms with E-state index in [1.165, 1.54) is 5.56 Å². The summed E-state index contributed by atoms with van der Waals surface area (Å²) >= 11 is 0. The summed E-state index contributed by atoms with van der Waals surface area (Å²) in [5.74, 6) is 1.29. The zero-order chi connectivity index (χ0) is 59.7. The number of H-pyrrole nitrogens is 2. The molecule has 13 rings (SSSR count). The van der Waals surface area contributed by atoms with E-state index in [-0.39, 0.29) is 29.5 Å². The molecule has 3 aliphatic heterocycles. The van der Waals surface area contributed by atoms with Gasteiger partial charge in [0.25, 0.3) is 17.7 Å². The van der Waals surface area contributed by atoms with Gasteiger partial charge in [0, 0.05) is 84.9 Å². The van der Waals surface area contributed by atoms with Crippen molar-refractivity contribution in [3.63, 3.8) is 0 Å². The molecule has 2 aromatic heterocycles. The Morgan fingerprint density at radius 2 is 0.954 bits per heavy atom. The highest BCUT2D eigenvalue weighted by atomic mass is 16.2. The van der Waals surface area contributed by atoms with E-state index in [1.54, 1.807) is 0 Å². The van der Waals surface area contributed by atoms with E-state index >= 15 is 0 Å². The van der Waals surface area contributed by atoms with Gasteiger partial charge >= 0.3 is 0 Å². The molecule has 1 atom stereocenters. The quantitative estimate of drug-likeness (QED) is 0.0577. The summed E-state index contributed by atoms with van der Waals surface area (Å²) < 4.78 is 0.